The molecule has 0 bridgehead atoms. The fourth-order valence-electron chi connectivity index (χ4n) is 0.981. The van der Waals surface area contributed by atoms with Gasteiger partial charge in [-0.15, -0.1) is 5.10 Å². The maximum atomic E-state index is 4.16. The third kappa shape index (κ3) is 1.83. The van der Waals surface area contributed by atoms with Crippen molar-refractivity contribution in [2.24, 2.45) is 0 Å². The van der Waals surface area contributed by atoms with E-state index in [9.17, 15) is 0 Å². The van der Waals surface area contributed by atoms with Crippen LogP contribution < -0.4 is 5.32 Å². The van der Waals surface area contributed by atoms with E-state index >= 15 is 0 Å². The van der Waals surface area contributed by atoms with Crippen molar-refractivity contribution in [3.05, 3.63) is 23.9 Å². The molecule has 0 saturated carbocycles. The number of H-pyrrole nitrogens is 1. The molecule has 2 aromatic heterocycles. The first-order valence-corrected chi connectivity index (χ1v) is 4.63. The van der Waals surface area contributed by atoms with Crippen LogP contribution in [-0.4, -0.2) is 19.6 Å². The first-order chi connectivity index (χ1) is 6.36. The molecule has 6 heteroatoms. The lowest BCUT2D eigenvalue weighted by Crippen LogP contribution is -1.99. The highest BCUT2D eigenvalue weighted by Crippen LogP contribution is 2.11. The number of aryl methyl sites for hydroxylation is 1. The number of nitrogens with one attached hydrogen (secondary N) is 2. The number of aromatic amines is 1. The highest BCUT2D eigenvalue weighted by atomic mass is 32.1. The van der Waals surface area contributed by atoms with Gasteiger partial charge in [-0.3, -0.25) is 0 Å². The first-order valence-electron chi connectivity index (χ1n) is 3.86. The zero-order valence-corrected chi connectivity index (χ0v) is 7.93. The number of anilines is 1. The van der Waals surface area contributed by atoms with Gasteiger partial charge in [-0.05, 0) is 6.92 Å². The van der Waals surface area contributed by atoms with Crippen molar-refractivity contribution in [2.45, 2.75) is 13.5 Å². The van der Waals surface area contributed by atoms with Crippen LogP contribution in [0.5, 0.6) is 0 Å². The Balaban J connectivity index is 1.97. The fourth-order valence-corrected chi connectivity index (χ4v) is 1.39. The minimum absolute atomic E-state index is 0.708. The molecule has 2 heterocycles. The van der Waals surface area contributed by atoms with Crippen LogP contribution in [0.2, 0.25) is 0 Å². The molecule has 0 fully saturated rings. The van der Waals surface area contributed by atoms with Crippen molar-refractivity contribution >= 4 is 16.5 Å². The Morgan fingerprint density at radius 1 is 1.62 bits per heavy atom. The maximum Gasteiger partial charge on any atom is 0.130 e. The second-order valence-corrected chi connectivity index (χ2v) is 3.40. The number of hydrogen-bond acceptors (Lipinski definition) is 5. The smallest absolute Gasteiger partial charge is 0.130 e. The van der Waals surface area contributed by atoms with Crippen molar-refractivity contribution in [3.8, 4) is 0 Å². The van der Waals surface area contributed by atoms with Gasteiger partial charge in [0.1, 0.15) is 5.00 Å². The minimum atomic E-state index is 0.708. The molecule has 5 nitrogen and oxygen atoms in total. The van der Waals surface area contributed by atoms with E-state index in [-0.39, 0.29) is 0 Å². The summed E-state index contributed by atoms with van der Waals surface area (Å²) in [6.07, 6.45) is 3.39. The molecule has 0 aliphatic heterocycles. The molecule has 0 aliphatic rings. The van der Waals surface area contributed by atoms with Crippen LogP contribution in [0.25, 0.3) is 0 Å². The van der Waals surface area contributed by atoms with Crippen molar-refractivity contribution in [2.75, 3.05) is 5.32 Å². The van der Waals surface area contributed by atoms with Crippen LogP contribution in [0, 0.1) is 6.92 Å². The van der Waals surface area contributed by atoms with Gasteiger partial charge < -0.3 is 10.3 Å². The van der Waals surface area contributed by atoms with Crippen LogP contribution >= 0.6 is 11.5 Å². The molecule has 0 aliphatic carbocycles. The Morgan fingerprint density at radius 2 is 2.54 bits per heavy atom. The second kappa shape index (κ2) is 3.53. The van der Waals surface area contributed by atoms with E-state index in [1.54, 1.807) is 12.5 Å². The van der Waals surface area contributed by atoms with Gasteiger partial charge in [0.15, 0.2) is 0 Å². The van der Waals surface area contributed by atoms with Gasteiger partial charge in [0.05, 0.1) is 24.8 Å². The van der Waals surface area contributed by atoms with Crippen LogP contribution in [-0.2, 0) is 6.54 Å². The molecular weight excluding hydrogens is 186 g/mol. The van der Waals surface area contributed by atoms with E-state index in [1.807, 2.05) is 6.92 Å². The van der Waals surface area contributed by atoms with Gasteiger partial charge in [0.2, 0.25) is 0 Å². The van der Waals surface area contributed by atoms with Crippen molar-refractivity contribution in [1.82, 2.24) is 19.6 Å². The summed E-state index contributed by atoms with van der Waals surface area (Å²) >= 11 is 1.34. The number of rotatable bonds is 3. The zero-order chi connectivity index (χ0) is 9.10. The predicted molar refractivity (Wildman–Crippen MR) is 50.6 cm³/mol. The molecule has 0 saturated heterocycles. The summed E-state index contributed by atoms with van der Waals surface area (Å²) in [5, 5.41) is 7.86. The summed E-state index contributed by atoms with van der Waals surface area (Å²) in [6, 6.07) is 0. The fraction of sp³-hybridized carbons (Fsp3) is 0.286. The quantitative estimate of drug-likeness (QED) is 0.771. The van der Waals surface area contributed by atoms with Gasteiger partial charge in [-0.1, -0.05) is 4.49 Å². The van der Waals surface area contributed by atoms with E-state index < -0.39 is 0 Å². The van der Waals surface area contributed by atoms with Gasteiger partial charge >= 0.3 is 0 Å². The molecule has 0 amide bonds. The molecule has 0 aromatic carbocycles. The Labute approximate surface area is 79.4 Å². The Bertz CT molecular complexity index is 366. The topological polar surface area (TPSA) is 66.5 Å². The number of imidazole rings is 1. The molecule has 13 heavy (non-hydrogen) atoms. The largest absolute Gasteiger partial charge is 0.369 e. The molecule has 0 radical (unpaired) electrons. The third-order valence-electron chi connectivity index (χ3n) is 1.73. The van der Waals surface area contributed by atoms with Crippen LogP contribution in [0.4, 0.5) is 5.00 Å². The van der Waals surface area contributed by atoms with Gasteiger partial charge in [0.25, 0.3) is 0 Å². The summed E-state index contributed by atoms with van der Waals surface area (Å²) in [4.78, 5) is 7.18. The van der Waals surface area contributed by atoms with Crippen molar-refractivity contribution < 1.29 is 0 Å². The average Bonchev–Trinajstić information content (AvgIpc) is 2.72. The lowest BCUT2D eigenvalue weighted by Gasteiger charge is -1.99. The molecule has 0 unspecified atom stereocenters. The summed E-state index contributed by atoms with van der Waals surface area (Å²) in [5.74, 6) is 0. The third-order valence-corrected chi connectivity index (χ3v) is 2.35. The van der Waals surface area contributed by atoms with E-state index in [4.69, 9.17) is 0 Å². The highest BCUT2D eigenvalue weighted by Gasteiger charge is 2.00. The van der Waals surface area contributed by atoms with Crippen molar-refractivity contribution in [1.29, 1.82) is 0 Å². The van der Waals surface area contributed by atoms with Crippen LogP contribution in [0.3, 0.4) is 0 Å². The van der Waals surface area contributed by atoms with Crippen LogP contribution in [0.1, 0.15) is 11.4 Å². The number of aromatic nitrogens is 4. The first kappa shape index (κ1) is 8.18. The average molecular weight is 195 g/mol. The summed E-state index contributed by atoms with van der Waals surface area (Å²) in [5.41, 5.74) is 2.11. The van der Waals surface area contributed by atoms with E-state index in [2.05, 4.69) is 24.9 Å². The Hall–Kier alpha value is -1.43. The lowest BCUT2D eigenvalue weighted by molar-refractivity contribution is 1.05. The number of nitrogens with zero attached hydrogens (tertiary/aromatic N) is 3. The SMILES string of the molecule is Cc1[nH]cnc1CNc1cnns1. The molecular formula is C7H9N5S. The standard InChI is InChI=1S/C7H9N5S/c1-5-6(10-4-9-5)2-8-7-3-11-12-13-7/h3-4,8H,2H2,1H3,(H,9,10). The summed E-state index contributed by atoms with van der Waals surface area (Å²) in [7, 11) is 0. The summed E-state index contributed by atoms with van der Waals surface area (Å²) in [6.45, 7) is 2.70. The number of hydrogen-bond donors (Lipinski definition) is 2. The van der Waals surface area contributed by atoms with E-state index in [0.717, 1.165) is 16.4 Å². The van der Waals surface area contributed by atoms with Crippen LogP contribution in [0.15, 0.2) is 12.5 Å². The minimum Gasteiger partial charge on any atom is -0.369 e. The monoisotopic (exact) mass is 195 g/mol. The normalized spacial score (nSPS) is 10.2. The Kier molecular flexibility index (Phi) is 2.22. The molecule has 2 rings (SSSR count). The molecule has 2 aromatic rings. The highest BCUT2D eigenvalue weighted by molar-refractivity contribution is 7.09. The van der Waals surface area contributed by atoms with E-state index in [1.165, 1.54) is 11.5 Å². The van der Waals surface area contributed by atoms with Gasteiger partial charge in [-0.25, -0.2) is 4.98 Å². The van der Waals surface area contributed by atoms with Gasteiger partial charge in [-0.2, -0.15) is 0 Å². The molecule has 68 valence electrons. The van der Waals surface area contributed by atoms with E-state index in [0.29, 0.717) is 6.54 Å². The van der Waals surface area contributed by atoms with Crippen molar-refractivity contribution in [3.63, 3.8) is 0 Å². The molecule has 0 atom stereocenters. The predicted octanol–water partition coefficient (Wildman–Crippen LogP) is 1.18. The lowest BCUT2D eigenvalue weighted by atomic mass is 10.3. The summed E-state index contributed by atoms with van der Waals surface area (Å²) < 4.78 is 3.75. The second-order valence-electron chi connectivity index (χ2n) is 2.61. The Morgan fingerprint density at radius 3 is 3.15 bits per heavy atom. The zero-order valence-electron chi connectivity index (χ0n) is 7.11. The molecule has 0 spiro atoms. The van der Waals surface area contributed by atoms with Gasteiger partial charge in [0, 0.05) is 17.2 Å². The maximum absolute atomic E-state index is 4.16. The molecule has 2 N–H and O–H groups in total.